The minimum atomic E-state index is -0.322. The topological polar surface area (TPSA) is 70.3 Å². The van der Waals surface area contributed by atoms with Crippen LogP contribution in [-0.2, 0) is 0 Å². The zero-order valence-electron chi connectivity index (χ0n) is 9.23. The third-order valence-electron chi connectivity index (χ3n) is 2.21. The van der Waals surface area contributed by atoms with Gasteiger partial charge in [0.25, 0.3) is 0 Å². The number of nitrogens with zero attached hydrogens (tertiary/aromatic N) is 1. The quantitative estimate of drug-likeness (QED) is 0.787. The first-order chi connectivity index (χ1) is 7.58. The number of phenolic OH excluding ortho intramolecular Hbond substituents is 1. The Morgan fingerprint density at radius 2 is 2.31 bits per heavy atom. The second kappa shape index (κ2) is 5.17. The summed E-state index contributed by atoms with van der Waals surface area (Å²) >= 11 is 0. The summed E-state index contributed by atoms with van der Waals surface area (Å²) in [6, 6.07) is 6.45. The van der Waals surface area contributed by atoms with Crippen LogP contribution in [0.15, 0.2) is 18.2 Å². The number of nitriles is 1. The smallest absolute Gasteiger partial charge is 0.164 e. The van der Waals surface area contributed by atoms with E-state index in [0.717, 1.165) is 0 Å². The van der Waals surface area contributed by atoms with Crippen molar-refractivity contribution >= 4 is 5.78 Å². The molecule has 4 heteroatoms. The number of carbonyl (C=O) groups excluding carboxylic acids is 1. The Bertz CT molecular complexity index is 434. The first-order valence-corrected chi connectivity index (χ1v) is 4.88. The van der Waals surface area contributed by atoms with Crippen molar-refractivity contribution < 1.29 is 14.6 Å². The van der Waals surface area contributed by atoms with Crippen molar-refractivity contribution in [2.45, 2.75) is 13.3 Å². The van der Waals surface area contributed by atoms with Gasteiger partial charge in [-0.25, -0.2) is 0 Å². The van der Waals surface area contributed by atoms with E-state index in [-0.39, 0.29) is 23.9 Å². The molecule has 1 atom stereocenters. The van der Waals surface area contributed by atoms with Crippen LogP contribution in [0, 0.1) is 17.2 Å². The van der Waals surface area contributed by atoms with Crippen LogP contribution < -0.4 is 4.74 Å². The number of methoxy groups -OCH3 is 1. The molecule has 0 heterocycles. The molecule has 0 saturated heterocycles. The maximum atomic E-state index is 11.7. The number of hydrogen-bond acceptors (Lipinski definition) is 4. The van der Waals surface area contributed by atoms with Gasteiger partial charge in [-0.1, -0.05) is 0 Å². The lowest BCUT2D eigenvalue weighted by atomic mass is 10.0. The summed E-state index contributed by atoms with van der Waals surface area (Å²) in [4.78, 5) is 11.7. The highest BCUT2D eigenvalue weighted by Crippen LogP contribution is 2.27. The third kappa shape index (κ3) is 2.74. The van der Waals surface area contributed by atoms with Crippen molar-refractivity contribution in [3.05, 3.63) is 23.8 Å². The average Bonchev–Trinajstić information content (AvgIpc) is 2.28. The molecule has 0 saturated carbocycles. The Kier molecular flexibility index (Phi) is 3.90. The summed E-state index contributed by atoms with van der Waals surface area (Å²) in [7, 11) is 1.44. The molecule has 1 N–H and O–H groups in total. The summed E-state index contributed by atoms with van der Waals surface area (Å²) < 4.78 is 4.87. The van der Waals surface area contributed by atoms with E-state index in [1.54, 1.807) is 13.0 Å². The molecule has 0 aliphatic heterocycles. The van der Waals surface area contributed by atoms with Gasteiger partial charge in [-0.15, -0.1) is 0 Å². The van der Waals surface area contributed by atoms with Gasteiger partial charge in [0.2, 0.25) is 0 Å². The molecule has 0 spiro atoms. The van der Waals surface area contributed by atoms with Gasteiger partial charge in [0.05, 0.1) is 19.1 Å². The van der Waals surface area contributed by atoms with E-state index in [2.05, 4.69) is 0 Å². The first kappa shape index (κ1) is 12.1. The van der Waals surface area contributed by atoms with E-state index in [9.17, 15) is 9.90 Å². The monoisotopic (exact) mass is 219 g/mol. The largest absolute Gasteiger partial charge is 0.504 e. The third-order valence-corrected chi connectivity index (χ3v) is 2.21. The highest BCUT2D eigenvalue weighted by Gasteiger charge is 2.12. The highest BCUT2D eigenvalue weighted by molar-refractivity contribution is 5.96. The van der Waals surface area contributed by atoms with E-state index in [1.807, 2.05) is 6.07 Å². The molecular weight excluding hydrogens is 206 g/mol. The molecule has 0 aromatic heterocycles. The van der Waals surface area contributed by atoms with Crippen LogP contribution in [0.2, 0.25) is 0 Å². The fourth-order valence-electron chi connectivity index (χ4n) is 1.31. The molecule has 1 unspecified atom stereocenters. The minimum Gasteiger partial charge on any atom is -0.504 e. The van der Waals surface area contributed by atoms with Crippen molar-refractivity contribution in [3.8, 4) is 17.6 Å². The minimum absolute atomic E-state index is 0.0713. The Balaban J connectivity index is 2.86. The van der Waals surface area contributed by atoms with Crippen LogP contribution >= 0.6 is 0 Å². The Hall–Kier alpha value is -2.02. The summed E-state index contributed by atoms with van der Waals surface area (Å²) in [6.07, 6.45) is 0.155. The molecule has 4 nitrogen and oxygen atoms in total. The second-order valence-corrected chi connectivity index (χ2v) is 3.54. The van der Waals surface area contributed by atoms with Gasteiger partial charge in [0.1, 0.15) is 0 Å². The van der Waals surface area contributed by atoms with Gasteiger partial charge < -0.3 is 9.84 Å². The van der Waals surface area contributed by atoms with Gasteiger partial charge in [0.15, 0.2) is 17.3 Å². The number of benzene rings is 1. The number of carbonyl (C=O) groups is 1. The SMILES string of the molecule is COc1ccc(C(=O)CC(C)C#N)cc1O. The van der Waals surface area contributed by atoms with Crippen molar-refractivity contribution in [3.63, 3.8) is 0 Å². The van der Waals surface area contributed by atoms with Crippen molar-refractivity contribution in [1.82, 2.24) is 0 Å². The number of rotatable bonds is 4. The molecule has 0 radical (unpaired) electrons. The van der Waals surface area contributed by atoms with E-state index in [0.29, 0.717) is 11.3 Å². The molecule has 84 valence electrons. The fourth-order valence-corrected chi connectivity index (χ4v) is 1.31. The van der Waals surface area contributed by atoms with E-state index in [4.69, 9.17) is 10.00 Å². The molecule has 1 aromatic carbocycles. The molecule has 0 fully saturated rings. The zero-order chi connectivity index (χ0) is 12.1. The van der Waals surface area contributed by atoms with Crippen molar-refractivity contribution in [1.29, 1.82) is 5.26 Å². The zero-order valence-corrected chi connectivity index (χ0v) is 9.23. The number of aromatic hydroxyl groups is 1. The number of ketones is 1. The van der Waals surface area contributed by atoms with Gasteiger partial charge in [-0.3, -0.25) is 4.79 Å². The van der Waals surface area contributed by atoms with Crippen LogP contribution in [0.3, 0.4) is 0 Å². The predicted octanol–water partition coefficient (Wildman–Crippen LogP) is 2.13. The molecule has 0 aliphatic carbocycles. The summed E-state index contributed by atoms with van der Waals surface area (Å²) in [5, 5.41) is 18.1. The fraction of sp³-hybridized carbons (Fsp3) is 0.333. The lowest BCUT2D eigenvalue weighted by molar-refractivity contribution is 0.0972. The van der Waals surface area contributed by atoms with Crippen LogP contribution in [0.5, 0.6) is 11.5 Å². The van der Waals surface area contributed by atoms with Gasteiger partial charge in [-0.05, 0) is 25.1 Å². The maximum absolute atomic E-state index is 11.7. The Morgan fingerprint density at radius 1 is 1.62 bits per heavy atom. The standard InChI is InChI=1S/C12H13NO3/c1-8(7-13)5-10(14)9-3-4-12(16-2)11(15)6-9/h3-4,6,8,15H,5H2,1-2H3. The molecule has 16 heavy (non-hydrogen) atoms. The number of phenols is 1. The lowest BCUT2D eigenvalue weighted by Gasteiger charge is -2.06. The second-order valence-electron chi connectivity index (χ2n) is 3.54. The maximum Gasteiger partial charge on any atom is 0.164 e. The predicted molar refractivity (Wildman–Crippen MR) is 58.4 cm³/mol. The molecule has 0 bridgehead atoms. The van der Waals surface area contributed by atoms with Crippen LogP contribution in [0.1, 0.15) is 23.7 Å². The molecule has 1 aromatic rings. The van der Waals surface area contributed by atoms with Crippen LogP contribution in [-0.4, -0.2) is 18.0 Å². The van der Waals surface area contributed by atoms with Crippen molar-refractivity contribution in [2.75, 3.05) is 7.11 Å². The first-order valence-electron chi connectivity index (χ1n) is 4.88. The molecule has 0 amide bonds. The molecule has 1 rings (SSSR count). The molecule has 0 aliphatic rings. The summed E-state index contributed by atoms with van der Waals surface area (Å²) in [5.74, 6) is -0.230. The van der Waals surface area contributed by atoms with Crippen molar-refractivity contribution in [2.24, 2.45) is 5.92 Å². The molecular formula is C12H13NO3. The summed E-state index contributed by atoms with van der Waals surface area (Å²) in [5.41, 5.74) is 0.389. The summed E-state index contributed by atoms with van der Waals surface area (Å²) in [6.45, 7) is 1.68. The Labute approximate surface area is 94.1 Å². The average molecular weight is 219 g/mol. The van der Waals surface area contributed by atoms with Crippen LogP contribution in [0.25, 0.3) is 0 Å². The van der Waals surface area contributed by atoms with Gasteiger partial charge in [0, 0.05) is 12.0 Å². The van der Waals surface area contributed by atoms with E-state index in [1.165, 1.54) is 19.2 Å². The van der Waals surface area contributed by atoms with Crippen LogP contribution in [0.4, 0.5) is 0 Å². The van der Waals surface area contributed by atoms with Gasteiger partial charge >= 0.3 is 0 Å². The lowest BCUT2D eigenvalue weighted by Crippen LogP contribution is -2.04. The number of hydrogen-bond donors (Lipinski definition) is 1. The van der Waals surface area contributed by atoms with E-state index < -0.39 is 0 Å². The Morgan fingerprint density at radius 3 is 2.81 bits per heavy atom. The number of Topliss-reactive ketones (excluding diaryl/α,β-unsaturated/α-hetero) is 1. The highest BCUT2D eigenvalue weighted by atomic mass is 16.5. The van der Waals surface area contributed by atoms with Gasteiger partial charge in [-0.2, -0.15) is 5.26 Å². The van der Waals surface area contributed by atoms with E-state index >= 15 is 0 Å². The number of ether oxygens (including phenoxy) is 1. The normalized spacial score (nSPS) is 11.6.